The molecule has 0 bridgehead atoms. The summed E-state index contributed by atoms with van der Waals surface area (Å²) in [6.45, 7) is 1.43. The van der Waals surface area contributed by atoms with Gasteiger partial charge in [0.15, 0.2) is 0 Å². The maximum Gasteiger partial charge on any atom is 0.255 e. The number of carbonyl (C=O) groups is 1. The molecule has 2 rings (SSSR count). The molecule has 1 heterocycles. The Bertz CT molecular complexity index is 424. The molecule has 1 unspecified atom stereocenters. The second kappa shape index (κ2) is 5.01. The van der Waals surface area contributed by atoms with Crippen LogP contribution in [0.3, 0.4) is 0 Å². The molecule has 0 radical (unpaired) electrons. The van der Waals surface area contributed by atoms with Gasteiger partial charge >= 0.3 is 0 Å². The standard InChI is InChI=1S/C11H12BrIN2O/c12-10-2-1-7(13)5-9(10)11(16)15-4-3-8(14)6-15/h1-2,5,8H,3-4,6,14H2. The van der Waals surface area contributed by atoms with Gasteiger partial charge in [0.2, 0.25) is 0 Å². The highest BCUT2D eigenvalue weighted by atomic mass is 127. The summed E-state index contributed by atoms with van der Waals surface area (Å²) in [5, 5.41) is 0. The Morgan fingerprint density at radius 1 is 1.56 bits per heavy atom. The molecule has 1 aromatic carbocycles. The number of amides is 1. The minimum absolute atomic E-state index is 0.0679. The smallest absolute Gasteiger partial charge is 0.255 e. The van der Waals surface area contributed by atoms with Crippen LogP contribution in [-0.2, 0) is 0 Å². The van der Waals surface area contributed by atoms with Crippen LogP contribution in [0.25, 0.3) is 0 Å². The average Bonchev–Trinajstić information content (AvgIpc) is 2.67. The molecule has 0 spiro atoms. The largest absolute Gasteiger partial charge is 0.337 e. The maximum atomic E-state index is 12.2. The lowest BCUT2D eigenvalue weighted by atomic mass is 10.2. The summed E-state index contributed by atoms with van der Waals surface area (Å²) in [5.74, 6) is 0.0679. The van der Waals surface area contributed by atoms with Gasteiger partial charge in [-0.1, -0.05) is 0 Å². The van der Waals surface area contributed by atoms with Gasteiger partial charge in [-0.25, -0.2) is 0 Å². The van der Waals surface area contributed by atoms with E-state index in [0.717, 1.165) is 26.6 Å². The molecule has 16 heavy (non-hydrogen) atoms. The summed E-state index contributed by atoms with van der Waals surface area (Å²) in [5.41, 5.74) is 6.53. The number of nitrogens with two attached hydrogens (primary N) is 1. The lowest BCUT2D eigenvalue weighted by Crippen LogP contribution is -2.32. The van der Waals surface area contributed by atoms with E-state index in [-0.39, 0.29) is 11.9 Å². The molecule has 2 N–H and O–H groups in total. The average molecular weight is 395 g/mol. The Kier molecular flexibility index (Phi) is 3.86. The summed E-state index contributed by atoms with van der Waals surface area (Å²) in [4.78, 5) is 14.0. The summed E-state index contributed by atoms with van der Waals surface area (Å²) in [7, 11) is 0. The lowest BCUT2D eigenvalue weighted by molar-refractivity contribution is 0.0790. The fraction of sp³-hybridized carbons (Fsp3) is 0.364. The first-order chi connectivity index (χ1) is 7.58. The number of likely N-dealkylation sites (tertiary alicyclic amines) is 1. The van der Waals surface area contributed by atoms with Crippen molar-refractivity contribution < 1.29 is 4.79 Å². The van der Waals surface area contributed by atoms with Crippen LogP contribution in [0.5, 0.6) is 0 Å². The van der Waals surface area contributed by atoms with Crippen molar-refractivity contribution in [1.82, 2.24) is 4.90 Å². The van der Waals surface area contributed by atoms with E-state index in [1.54, 1.807) is 0 Å². The molecular weight excluding hydrogens is 383 g/mol. The molecule has 1 atom stereocenters. The number of hydrogen-bond donors (Lipinski definition) is 1. The molecule has 86 valence electrons. The van der Waals surface area contributed by atoms with E-state index >= 15 is 0 Å². The van der Waals surface area contributed by atoms with Gasteiger partial charge in [0.25, 0.3) is 5.91 Å². The van der Waals surface area contributed by atoms with E-state index in [0.29, 0.717) is 6.54 Å². The number of benzene rings is 1. The van der Waals surface area contributed by atoms with Gasteiger partial charge in [-0.2, -0.15) is 0 Å². The fourth-order valence-electron chi connectivity index (χ4n) is 1.80. The van der Waals surface area contributed by atoms with Crippen LogP contribution < -0.4 is 5.73 Å². The van der Waals surface area contributed by atoms with Crippen molar-refractivity contribution in [2.24, 2.45) is 5.73 Å². The van der Waals surface area contributed by atoms with E-state index in [4.69, 9.17) is 5.73 Å². The third kappa shape index (κ3) is 2.57. The number of halogens is 2. The molecule has 0 aromatic heterocycles. The van der Waals surface area contributed by atoms with E-state index < -0.39 is 0 Å². The summed E-state index contributed by atoms with van der Waals surface area (Å²) in [6, 6.07) is 5.91. The molecular formula is C11H12BrIN2O. The zero-order chi connectivity index (χ0) is 11.7. The van der Waals surface area contributed by atoms with Crippen LogP contribution in [-0.4, -0.2) is 29.9 Å². The molecule has 1 aliphatic rings. The minimum Gasteiger partial charge on any atom is -0.337 e. The molecule has 0 saturated carbocycles. The molecule has 1 saturated heterocycles. The topological polar surface area (TPSA) is 46.3 Å². The minimum atomic E-state index is 0.0679. The summed E-state index contributed by atoms with van der Waals surface area (Å²) >= 11 is 5.62. The lowest BCUT2D eigenvalue weighted by Gasteiger charge is -2.16. The predicted molar refractivity (Wildman–Crippen MR) is 75.4 cm³/mol. The second-order valence-electron chi connectivity index (χ2n) is 3.92. The van der Waals surface area contributed by atoms with Gasteiger partial charge in [0.1, 0.15) is 0 Å². The zero-order valence-electron chi connectivity index (χ0n) is 8.62. The number of hydrogen-bond acceptors (Lipinski definition) is 2. The van der Waals surface area contributed by atoms with E-state index in [2.05, 4.69) is 38.5 Å². The van der Waals surface area contributed by atoms with Crippen molar-refractivity contribution >= 4 is 44.4 Å². The molecule has 1 amide bonds. The van der Waals surface area contributed by atoms with Crippen LogP contribution in [0, 0.1) is 3.57 Å². The summed E-state index contributed by atoms with van der Waals surface area (Å²) < 4.78 is 1.91. The Morgan fingerprint density at radius 2 is 2.31 bits per heavy atom. The monoisotopic (exact) mass is 394 g/mol. The van der Waals surface area contributed by atoms with E-state index in [1.807, 2.05) is 23.1 Å². The summed E-state index contributed by atoms with van der Waals surface area (Å²) in [6.07, 6.45) is 0.896. The molecule has 5 heteroatoms. The van der Waals surface area contributed by atoms with Gasteiger partial charge in [-0.15, -0.1) is 0 Å². The fourth-order valence-corrected chi connectivity index (χ4v) is 2.71. The number of carbonyl (C=O) groups excluding carboxylic acids is 1. The first-order valence-corrected chi connectivity index (χ1v) is 6.95. The molecule has 3 nitrogen and oxygen atoms in total. The van der Waals surface area contributed by atoms with Crippen molar-refractivity contribution in [2.75, 3.05) is 13.1 Å². The predicted octanol–water partition coefficient (Wildman–Crippen LogP) is 2.23. The molecule has 1 aromatic rings. The van der Waals surface area contributed by atoms with Crippen molar-refractivity contribution in [1.29, 1.82) is 0 Å². The normalized spacial score (nSPS) is 20.2. The third-order valence-corrected chi connectivity index (χ3v) is 4.03. The van der Waals surface area contributed by atoms with Gasteiger partial charge in [0.05, 0.1) is 5.56 Å². The Hall–Kier alpha value is -0.140. The zero-order valence-corrected chi connectivity index (χ0v) is 12.4. The molecule has 1 aliphatic heterocycles. The molecule has 0 aliphatic carbocycles. The third-order valence-electron chi connectivity index (χ3n) is 2.67. The van der Waals surface area contributed by atoms with E-state index in [9.17, 15) is 4.79 Å². The van der Waals surface area contributed by atoms with Gasteiger partial charge in [-0.3, -0.25) is 4.79 Å². The van der Waals surface area contributed by atoms with Crippen molar-refractivity contribution in [2.45, 2.75) is 12.5 Å². The van der Waals surface area contributed by atoms with Crippen molar-refractivity contribution in [3.8, 4) is 0 Å². The Morgan fingerprint density at radius 3 is 2.94 bits per heavy atom. The molecule has 1 fully saturated rings. The first kappa shape index (κ1) is 12.3. The Balaban J connectivity index is 2.23. The van der Waals surface area contributed by atoms with Crippen molar-refractivity contribution in [3.05, 3.63) is 31.8 Å². The second-order valence-corrected chi connectivity index (χ2v) is 6.02. The quantitative estimate of drug-likeness (QED) is 0.742. The highest BCUT2D eigenvalue weighted by Gasteiger charge is 2.25. The SMILES string of the molecule is NC1CCN(C(=O)c2cc(I)ccc2Br)C1. The van der Waals surface area contributed by atoms with Gasteiger partial charge in [0, 0.05) is 27.2 Å². The van der Waals surface area contributed by atoms with Crippen LogP contribution in [0.2, 0.25) is 0 Å². The van der Waals surface area contributed by atoms with Crippen molar-refractivity contribution in [3.63, 3.8) is 0 Å². The van der Waals surface area contributed by atoms with Crippen LogP contribution >= 0.6 is 38.5 Å². The first-order valence-electron chi connectivity index (χ1n) is 5.08. The van der Waals surface area contributed by atoms with Crippen LogP contribution in [0.4, 0.5) is 0 Å². The number of rotatable bonds is 1. The van der Waals surface area contributed by atoms with Crippen LogP contribution in [0.1, 0.15) is 16.8 Å². The highest BCUT2D eigenvalue weighted by Crippen LogP contribution is 2.22. The van der Waals surface area contributed by atoms with Gasteiger partial charge in [-0.05, 0) is 63.1 Å². The van der Waals surface area contributed by atoms with Gasteiger partial charge < -0.3 is 10.6 Å². The van der Waals surface area contributed by atoms with E-state index in [1.165, 1.54) is 0 Å². The van der Waals surface area contributed by atoms with Crippen LogP contribution in [0.15, 0.2) is 22.7 Å². The highest BCUT2D eigenvalue weighted by molar-refractivity contribution is 14.1. The maximum absolute atomic E-state index is 12.2. The Labute approximate surface area is 117 Å². The number of nitrogens with zero attached hydrogens (tertiary/aromatic N) is 1.